The molecule has 0 aliphatic rings. The lowest BCUT2D eigenvalue weighted by Gasteiger charge is -2.33. The molecular weight excluding hydrogens is 480 g/mol. The van der Waals surface area contributed by atoms with Crippen LogP contribution in [-0.2, 0) is 48.3 Å². The van der Waals surface area contributed by atoms with Crippen molar-refractivity contribution in [1.29, 1.82) is 0 Å². The van der Waals surface area contributed by atoms with Crippen molar-refractivity contribution in [3.8, 4) is 0 Å². The minimum Gasteiger partial charge on any atom is -0.458 e. The van der Waals surface area contributed by atoms with Gasteiger partial charge in [0, 0.05) is 0 Å². The largest absolute Gasteiger partial charge is 0.458 e. The van der Waals surface area contributed by atoms with Gasteiger partial charge in [0.25, 0.3) is 0 Å². The summed E-state index contributed by atoms with van der Waals surface area (Å²) in [5.41, 5.74) is 2.01. The van der Waals surface area contributed by atoms with Crippen molar-refractivity contribution in [2.24, 2.45) is 5.41 Å². The maximum absolute atomic E-state index is 12.3. The molecule has 38 heavy (non-hydrogen) atoms. The monoisotopic (exact) mass is 520 g/mol. The van der Waals surface area contributed by atoms with Gasteiger partial charge >= 0.3 is 5.97 Å². The third kappa shape index (κ3) is 11.6. The number of hydrogen-bond acceptors (Lipinski definition) is 6. The number of carbonyl (C=O) groups excluding carboxylic acids is 1. The maximum Gasteiger partial charge on any atom is 0.332 e. The van der Waals surface area contributed by atoms with Crippen molar-refractivity contribution in [1.82, 2.24) is 0 Å². The van der Waals surface area contributed by atoms with Gasteiger partial charge in [-0.05, 0) is 37.5 Å². The van der Waals surface area contributed by atoms with Crippen LogP contribution in [0.3, 0.4) is 0 Å². The van der Waals surface area contributed by atoms with Crippen molar-refractivity contribution >= 4 is 5.97 Å². The Labute approximate surface area is 226 Å². The summed E-state index contributed by atoms with van der Waals surface area (Å²) in [5, 5.41) is 0. The van der Waals surface area contributed by atoms with Crippen molar-refractivity contribution in [3.05, 3.63) is 108 Å². The first-order valence-corrected chi connectivity index (χ1v) is 13.0. The number of esters is 1. The number of carbonyl (C=O) groups is 1. The first-order chi connectivity index (χ1) is 18.3. The van der Waals surface area contributed by atoms with Gasteiger partial charge in [0.2, 0.25) is 0 Å². The minimum atomic E-state index is -0.639. The Bertz CT molecular complexity index is 937. The fourth-order valence-corrected chi connectivity index (χ4v) is 3.85. The maximum atomic E-state index is 12.3. The zero-order valence-electron chi connectivity index (χ0n) is 22.8. The van der Waals surface area contributed by atoms with Gasteiger partial charge in [-0.2, -0.15) is 0 Å². The Morgan fingerprint density at radius 3 is 1.24 bits per heavy atom. The number of benzene rings is 3. The summed E-state index contributed by atoms with van der Waals surface area (Å²) in [6, 6.07) is 30.0. The van der Waals surface area contributed by atoms with Crippen LogP contribution in [0.1, 0.15) is 37.5 Å². The number of ether oxygens (including phenoxy) is 5. The fraction of sp³-hybridized carbons (Fsp3) is 0.406. The molecule has 3 rings (SSSR count). The average molecular weight is 521 g/mol. The Morgan fingerprint density at radius 2 is 0.895 bits per heavy atom. The van der Waals surface area contributed by atoms with E-state index >= 15 is 0 Å². The van der Waals surface area contributed by atoms with Crippen LogP contribution in [0.15, 0.2) is 91.0 Å². The molecule has 0 aromatic heterocycles. The van der Waals surface area contributed by atoms with Crippen LogP contribution >= 0.6 is 0 Å². The predicted molar refractivity (Wildman–Crippen MR) is 147 cm³/mol. The van der Waals surface area contributed by atoms with E-state index in [1.165, 1.54) is 0 Å². The molecule has 0 atom stereocenters. The Balaban J connectivity index is 1.69. The highest BCUT2D eigenvalue weighted by Crippen LogP contribution is 2.23. The molecule has 0 saturated heterocycles. The van der Waals surface area contributed by atoms with E-state index in [-0.39, 0.29) is 13.2 Å². The van der Waals surface area contributed by atoms with E-state index in [1.54, 1.807) is 0 Å². The molecule has 6 nitrogen and oxygen atoms in total. The Morgan fingerprint density at radius 1 is 0.553 bits per heavy atom. The summed E-state index contributed by atoms with van der Waals surface area (Å²) in [6.45, 7) is 7.91. The second kappa shape index (κ2) is 15.4. The predicted octanol–water partition coefficient (Wildman–Crippen LogP) is 5.98. The Kier molecular flexibility index (Phi) is 12.0. The summed E-state index contributed by atoms with van der Waals surface area (Å²) in [4.78, 5) is 12.3. The van der Waals surface area contributed by atoms with Crippen molar-refractivity contribution in [3.63, 3.8) is 0 Å². The molecule has 0 heterocycles. The van der Waals surface area contributed by atoms with Gasteiger partial charge in [-0.15, -0.1) is 0 Å². The van der Waals surface area contributed by atoms with E-state index in [0.29, 0.717) is 39.6 Å². The smallest absolute Gasteiger partial charge is 0.332 e. The average Bonchev–Trinajstić information content (AvgIpc) is 2.89. The molecule has 0 spiro atoms. The lowest BCUT2D eigenvalue weighted by atomic mass is 9.92. The van der Waals surface area contributed by atoms with Crippen molar-refractivity contribution < 1.29 is 28.5 Å². The molecule has 0 fully saturated rings. The second-order valence-corrected chi connectivity index (χ2v) is 10.5. The normalized spacial score (nSPS) is 11.9. The molecule has 0 aliphatic heterocycles. The van der Waals surface area contributed by atoms with Crippen LogP contribution in [0, 0.1) is 5.41 Å². The lowest BCUT2D eigenvalue weighted by Crippen LogP contribution is -2.42. The second-order valence-electron chi connectivity index (χ2n) is 10.5. The molecule has 0 radical (unpaired) electrons. The molecule has 0 N–H and O–H groups in total. The minimum absolute atomic E-state index is 0.158. The topological polar surface area (TPSA) is 63.2 Å². The van der Waals surface area contributed by atoms with E-state index in [4.69, 9.17) is 23.7 Å². The van der Waals surface area contributed by atoms with Crippen LogP contribution < -0.4 is 0 Å². The molecule has 204 valence electrons. The standard InChI is InChI=1S/C32H40O6/c1-31(2,3)38-30(33)22-37-26-32(23-34-19-27-13-7-4-8-14-27,24-35-20-28-15-9-5-10-16-28)25-36-21-29-17-11-6-12-18-29/h4-18H,19-26H2,1-3H3. The summed E-state index contributed by atoms with van der Waals surface area (Å²) in [5.74, 6) is -0.410. The molecule has 0 saturated carbocycles. The zero-order chi connectivity index (χ0) is 27.1. The molecule has 3 aromatic carbocycles. The SMILES string of the molecule is CC(C)(C)OC(=O)COCC(COCc1ccccc1)(COCc1ccccc1)COCc1ccccc1. The van der Waals surface area contributed by atoms with Gasteiger partial charge in [-0.1, -0.05) is 91.0 Å². The van der Waals surface area contributed by atoms with E-state index in [9.17, 15) is 4.79 Å². The molecular formula is C32H40O6. The number of hydrogen-bond donors (Lipinski definition) is 0. The van der Waals surface area contributed by atoms with E-state index in [2.05, 4.69) is 0 Å². The molecule has 0 bridgehead atoms. The summed E-state index contributed by atoms with van der Waals surface area (Å²) >= 11 is 0. The molecule has 0 unspecified atom stereocenters. The Hall–Kier alpha value is -3.03. The van der Waals surface area contributed by atoms with Crippen LogP contribution in [0.2, 0.25) is 0 Å². The first-order valence-electron chi connectivity index (χ1n) is 13.0. The van der Waals surface area contributed by atoms with Crippen molar-refractivity contribution in [2.45, 2.75) is 46.2 Å². The van der Waals surface area contributed by atoms with E-state index in [1.807, 2.05) is 112 Å². The highest BCUT2D eigenvalue weighted by atomic mass is 16.6. The van der Waals surface area contributed by atoms with Crippen molar-refractivity contribution in [2.75, 3.05) is 33.0 Å². The molecule has 0 amide bonds. The molecule has 3 aromatic rings. The molecule has 6 heteroatoms. The van der Waals surface area contributed by atoms with E-state index < -0.39 is 17.0 Å². The van der Waals surface area contributed by atoms with Crippen LogP contribution in [0.25, 0.3) is 0 Å². The number of rotatable bonds is 16. The van der Waals surface area contributed by atoms with Crippen LogP contribution in [-0.4, -0.2) is 44.6 Å². The lowest BCUT2D eigenvalue weighted by molar-refractivity contribution is -0.165. The fourth-order valence-electron chi connectivity index (χ4n) is 3.85. The highest BCUT2D eigenvalue weighted by molar-refractivity contribution is 5.71. The summed E-state index contributed by atoms with van der Waals surface area (Å²) in [7, 11) is 0. The molecule has 0 aliphatic carbocycles. The van der Waals surface area contributed by atoms with Gasteiger partial charge in [-0.3, -0.25) is 0 Å². The highest BCUT2D eigenvalue weighted by Gasteiger charge is 2.33. The summed E-state index contributed by atoms with van der Waals surface area (Å²) < 4.78 is 29.8. The van der Waals surface area contributed by atoms with Gasteiger partial charge in [0.15, 0.2) is 0 Å². The quantitative estimate of drug-likeness (QED) is 0.217. The first kappa shape index (κ1) is 29.5. The van der Waals surface area contributed by atoms with Crippen LogP contribution in [0.5, 0.6) is 0 Å². The van der Waals surface area contributed by atoms with Crippen LogP contribution in [0.4, 0.5) is 0 Å². The third-order valence-corrected chi connectivity index (χ3v) is 5.61. The third-order valence-electron chi connectivity index (χ3n) is 5.61. The summed E-state index contributed by atoms with van der Waals surface area (Å²) in [6.07, 6.45) is 0. The van der Waals surface area contributed by atoms with Gasteiger partial charge in [0.05, 0.1) is 51.7 Å². The van der Waals surface area contributed by atoms with E-state index in [0.717, 1.165) is 16.7 Å². The van der Waals surface area contributed by atoms with Gasteiger partial charge < -0.3 is 23.7 Å². The van der Waals surface area contributed by atoms with Gasteiger partial charge in [-0.25, -0.2) is 4.79 Å². The van der Waals surface area contributed by atoms with Gasteiger partial charge in [0.1, 0.15) is 12.2 Å². The zero-order valence-corrected chi connectivity index (χ0v) is 22.8.